The van der Waals surface area contributed by atoms with Crippen LogP contribution in [0.25, 0.3) is 11.3 Å². The fourth-order valence-corrected chi connectivity index (χ4v) is 5.22. The van der Waals surface area contributed by atoms with Crippen molar-refractivity contribution in [3.8, 4) is 11.3 Å². The molecule has 270 valence electrons. The van der Waals surface area contributed by atoms with Gasteiger partial charge in [0.05, 0.1) is 44.3 Å². The van der Waals surface area contributed by atoms with Crippen LogP contribution in [0.1, 0.15) is 47.1 Å². The maximum Gasteiger partial charge on any atom is 0.407 e. The first-order valence-electron chi connectivity index (χ1n) is 16.3. The van der Waals surface area contributed by atoms with E-state index in [9.17, 15) is 24.3 Å². The molecule has 4 amide bonds. The summed E-state index contributed by atoms with van der Waals surface area (Å²) in [6, 6.07) is 19.2. The zero-order valence-corrected chi connectivity index (χ0v) is 30.0. The molecule has 0 aliphatic rings. The van der Waals surface area contributed by atoms with Crippen molar-refractivity contribution in [1.29, 1.82) is 0 Å². The van der Waals surface area contributed by atoms with Gasteiger partial charge in [0.1, 0.15) is 12.1 Å². The van der Waals surface area contributed by atoms with Crippen molar-refractivity contribution < 1.29 is 33.8 Å². The Kier molecular flexibility index (Phi) is 13.7. The summed E-state index contributed by atoms with van der Waals surface area (Å²) < 4.78 is 9.54. The third-order valence-electron chi connectivity index (χ3n) is 7.98. The van der Waals surface area contributed by atoms with Gasteiger partial charge in [-0.15, -0.1) is 0 Å². The van der Waals surface area contributed by atoms with Crippen LogP contribution in [0.15, 0.2) is 79.0 Å². The molecule has 3 aromatic rings. The number of hydrogen-bond donors (Lipinski definition) is 5. The normalized spacial score (nSPS) is 13.9. The third-order valence-corrected chi connectivity index (χ3v) is 7.98. The molecule has 1 aromatic heterocycles. The summed E-state index contributed by atoms with van der Waals surface area (Å²) in [5.41, 5.74) is 4.26. The molecule has 4 atom stereocenters. The average Bonchev–Trinajstić information content (AvgIpc) is 3.08. The lowest BCUT2D eigenvalue weighted by molar-refractivity contribution is -0.127. The number of alkyl carbamates (subject to hydrolysis) is 2. The highest BCUT2D eigenvalue weighted by Gasteiger charge is 2.37. The van der Waals surface area contributed by atoms with Crippen molar-refractivity contribution in [2.75, 3.05) is 25.8 Å². The summed E-state index contributed by atoms with van der Waals surface area (Å²) in [6.45, 7) is 10.6. The monoisotopic (exact) mass is 690 g/mol. The molecule has 0 unspecified atom stereocenters. The molecule has 0 aliphatic heterocycles. The molecule has 0 fully saturated rings. The zero-order chi connectivity index (χ0) is 37.1. The van der Waals surface area contributed by atoms with E-state index in [1.807, 2.05) is 60.7 Å². The number of ether oxygens (including phenoxy) is 2. The molecule has 5 N–H and O–H groups in total. The third kappa shape index (κ3) is 11.5. The number of carbonyl (C=O) groups is 4. The molecule has 1 heterocycles. The molecule has 50 heavy (non-hydrogen) atoms. The van der Waals surface area contributed by atoms with Crippen molar-refractivity contribution in [2.45, 2.75) is 72.2 Å². The van der Waals surface area contributed by atoms with E-state index in [1.54, 1.807) is 59.9 Å². The second-order valence-corrected chi connectivity index (χ2v) is 14.1. The lowest BCUT2D eigenvalue weighted by Gasteiger charge is -2.36. The number of amides is 4. The minimum atomic E-state index is -1.27. The highest BCUT2D eigenvalue weighted by molar-refractivity contribution is 5.88. The fraction of sp³-hybridized carbons (Fsp3) is 0.432. The van der Waals surface area contributed by atoms with Crippen LogP contribution < -0.4 is 26.4 Å². The van der Waals surface area contributed by atoms with E-state index in [1.165, 1.54) is 19.2 Å². The van der Waals surface area contributed by atoms with Crippen LogP contribution in [0.5, 0.6) is 0 Å². The lowest BCUT2D eigenvalue weighted by Crippen LogP contribution is -2.61. The van der Waals surface area contributed by atoms with Crippen LogP contribution in [0.4, 0.5) is 15.3 Å². The van der Waals surface area contributed by atoms with Crippen LogP contribution in [0.2, 0.25) is 0 Å². The highest BCUT2D eigenvalue weighted by Crippen LogP contribution is 2.25. The van der Waals surface area contributed by atoms with Gasteiger partial charge >= 0.3 is 12.2 Å². The molecule has 0 spiro atoms. The van der Waals surface area contributed by atoms with Gasteiger partial charge in [0.25, 0.3) is 5.91 Å². The maximum atomic E-state index is 13.9. The van der Waals surface area contributed by atoms with Crippen LogP contribution in [0, 0.1) is 10.8 Å². The topological polar surface area (TPSA) is 171 Å². The van der Waals surface area contributed by atoms with Gasteiger partial charge in [-0.05, 0) is 47.1 Å². The number of carbonyl (C=O) groups excluding carboxylic acids is 4. The minimum absolute atomic E-state index is 0.186. The quantitative estimate of drug-likeness (QED) is 0.165. The van der Waals surface area contributed by atoms with Gasteiger partial charge in [0, 0.05) is 11.8 Å². The fourth-order valence-electron chi connectivity index (χ4n) is 5.22. The number of aliphatic hydroxyl groups excluding tert-OH is 1. The van der Waals surface area contributed by atoms with E-state index in [-0.39, 0.29) is 13.0 Å². The summed E-state index contributed by atoms with van der Waals surface area (Å²) in [5.74, 6) is -1.08. The highest BCUT2D eigenvalue weighted by atomic mass is 16.5. The summed E-state index contributed by atoms with van der Waals surface area (Å²) in [5, 5.41) is 21.6. The van der Waals surface area contributed by atoms with Crippen LogP contribution in [-0.2, 0) is 25.5 Å². The van der Waals surface area contributed by atoms with Crippen LogP contribution in [0.3, 0.4) is 0 Å². The lowest BCUT2D eigenvalue weighted by atomic mass is 9.85. The molecular formula is C37H50N6O7. The number of hydrogen-bond acceptors (Lipinski definition) is 9. The van der Waals surface area contributed by atoms with Gasteiger partial charge in [-0.3, -0.25) is 25.0 Å². The number of nitrogens with one attached hydrogen (secondary N) is 4. The van der Waals surface area contributed by atoms with E-state index >= 15 is 0 Å². The van der Waals surface area contributed by atoms with E-state index in [2.05, 4.69) is 26.4 Å². The Morgan fingerprint density at radius 2 is 1.34 bits per heavy atom. The Morgan fingerprint density at radius 3 is 1.88 bits per heavy atom. The van der Waals surface area contributed by atoms with Gasteiger partial charge in [-0.1, -0.05) is 90.1 Å². The van der Waals surface area contributed by atoms with Crippen molar-refractivity contribution in [3.05, 3.63) is 84.6 Å². The minimum Gasteiger partial charge on any atom is -0.453 e. The average molecular weight is 691 g/mol. The van der Waals surface area contributed by atoms with E-state index in [0.717, 1.165) is 11.1 Å². The van der Waals surface area contributed by atoms with Gasteiger partial charge in [-0.2, -0.15) is 0 Å². The van der Waals surface area contributed by atoms with Gasteiger partial charge < -0.3 is 30.5 Å². The number of benzene rings is 2. The van der Waals surface area contributed by atoms with Crippen molar-refractivity contribution >= 4 is 29.7 Å². The second-order valence-electron chi connectivity index (χ2n) is 14.1. The summed E-state index contributed by atoms with van der Waals surface area (Å²) in [7, 11) is 2.43. The zero-order valence-electron chi connectivity index (χ0n) is 30.0. The molecule has 3 rings (SSSR count). The SMILES string of the molecule is COC(=O)N[C@H](C(=O)N[C@@H](Cc1ccccc1)[C@@H](O)CN(NC(=O)[C@@H](NC(=O)OC)C(C)(C)C)c1cccc(-c2ccccn2)c1)C(C)(C)C. The Balaban J connectivity index is 2.04. The van der Waals surface area contributed by atoms with Crippen LogP contribution >= 0.6 is 0 Å². The first-order valence-corrected chi connectivity index (χ1v) is 16.3. The Bertz CT molecular complexity index is 1570. The van der Waals surface area contributed by atoms with Crippen molar-refractivity contribution in [1.82, 2.24) is 26.4 Å². The molecule has 13 nitrogen and oxygen atoms in total. The molecular weight excluding hydrogens is 640 g/mol. The number of nitrogens with zero attached hydrogens (tertiary/aromatic N) is 2. The number of rotatable bonds is 13. The first kappa shape index (κ1) is 39.3. The molecule has 0 saturated heterocycles. The largest absolute Gasteiger partial charge is 0.453 e. The number of hydrazine groups is 1. The number of anilines is 1. The van der Waals surface area contributed by atoms with Crippen molar-refractivity contribution in [2.24, 2.45) is 10.8 Å². The number of aromatic nitrogens is 1. The summed E-state index contributed by atoms with van der Waals surface area (Å²) in [4.78, 5) is 56.5. The number of pyridine rings is 1. The van der Waals surface area contributed by atoms with Gasteiger partial charge in [0.15, 0.2) is 0 Å². The number of methoxy groups -OCH3 is 2. The number of aliphatic hydroxyl groups is 1. The first-order chi connectivity index (χ1) is 23.5. The van der Waals surface area contributed by atoms with Crippen molar-refractivity contribution in [3.63, 3.8) is 0 Å². The smallest absolute Gasteiger partial charge is 0.407 e. The molecule has 0 bridgehead atoms. The van der Waals surface area contributed by atoms with E-state index < -0.39 is 59.1 Å². The summed E-state index contributed by atoms with van der Waals surface area (Å²) >= 11 is 0. The molecule has 0 aliphatic carbocycles. The molecule has 0 saturated carbocycles. The molecule has 13 heteroatoms. The predicted octanol–water partition coefficient (Wildman–Crippen LogP) is 4.22. The maximum absolute atomic E-state index is 13.9. The molecule has 2 aromatic carbocycles. The van der Waals surface area contributed by atoms with Crippen LogP contribution in [-0.4, -0.2) is 79.1 Å². The Morgan fingerprint density at radius 1 is 0.760 bits per heavy atom. The second kappa shape index (κ2) is 17.5. The predicted molar refractivity (Wildman–Crippen MR) is 191 cm³/mol. The van der Waals surface area contributed by atoms with Gasteiger partial charge in [-0.25, -0.2) is 9.59 Å². The van der Waals surface area contributed by atoms with E-state index in [0.29, 0.717) is 11.4 Å². The summed E-state index contributed by atoms with van der Waals surface area (Å²) in [6.07, 6.45) is -0.903. The van der Waals surface area contributed by atoms with Gasteiger partial charge in [0.2, 0.25) is 5.91 Å². The Hall–Kier alpha value is -5.17. The standard InChI is InChI=1S/C37H50N6O7/c1-36(2,3)30(40-34(47)49-7)32(45)39-28(21-24-15-10-9-11-16-24)29(44)23-43(42-33(46)31(37(4,5)6)41-35(48)50-8)26-18-14-17-25(22-26)27-19-12-13-20-38-27/h9-20,22,28-31,44H,21,23H2,1-8H3,(H,39,45)(H,40,47)(H,41,48)(H,42,46)/t28-,29-,30+,31+/m0/s1. The van der Waals surface area contributed by atoms with E-state index in [4.69, 9.17) is 9.47 Å². The molecule has 0 radical (unpaired) electrons. The Labute approximate surface area is 294 Å².